The van der Waals surface area contributed by atoms with Crippen molar-refractivity contribution in [1.82, 2.24) is 4.98 Å². The van der Waals surface area contributed by atoms with E-state index in [1.807, 2.05) is 0 Å². The van der Waals surface area contributed by atoms with E-state index in [0.29, 0.717) is 10.5 Å². The molecule has 1 heterocycles. The summed E-state index contributed by atoms with van der Waals surface area (Å²) in [6.45, 7) is 0. The maximum absolute atomic E-state index is 12.5. The molecule has 0 saturated carbocycles. The van der Waals surface area contributed by atoms with Crippen molar-refractivity contribution in [3.63, 3.8) is 0 Å². The third-order valence-corrected chi connectivity index (χ3v) is 1.89. The zero-order valence-corrected chi connectivity index (χ0v) is 7.16. The Balaban J connectivity index is 2.88. The van der Waals surface area contributed by atoms with Crippen LogP contribution >= 0.6 is 23.2 Å². The topological polar surface area (TPSA) is 26.0 Å². The second-order valence-electron chi connectivity index (χ2n) is 2.20. The largest absolute Gasteiger partial charge is 0.415 e. The summed E-state index contributed by atoms with van der Waals surface area (Å²) in [5.74, 6) is 0. The Bertz CT molecular complexity index is 440. The molecule has 0 saturated heterocycles. The number of benzene rings is 1. The maximum atomic E-state index is 12.5. The zero-order valence-electron chi connectivity index (χ0n) is 5.64. The van der Waals surface area contributed by atoms with Crippen LogP contribution in [-0.2, 0) is 0 Å². The summed E-state index contributed by atoms with van der Waals surface area (Å²) < 4.78 is 17.0. The number of hydrogen-bond donors (Lipinski definition) is 0. The Labute approximate surface area is 76.9 Å². The van der Waals surface area contributed by atoms with Crippen LogP contribution in [0.15, 0.2) is 16.5 Å². The SMILES string of the molecule is Fc1nc2c(Cl)cc(Cl)cc2o1. The van der Waals surface area contributed by atoms with Gasteiger partial charge in [0, 0.05) is 11.1 Å². The molecule has 62 valence electrons. The lowest BCUT2D eigenvalue weighted by Crippen LogP contribution is -1.71. The number of aromatic nitrogens is 1. The van der Waals surface area contributed by atoms with Gasteiger partial charge in [-0.15, -0.1) is 4.39 Å². The molecule has 0 fully saturated rings. The number of halogens is 3. The quantitative estimate of drug-likeness (QED) is 0.660. The van der Waals surface area contributed by atoms with Crippen molar-refractivity contribution in [2.75, 3.05) is 0 Å². The zero-order chi connectivity index (χ0) is 8.72. The van der Waals surface area contributed by atoms with Crippen molar-refractivity contribution >= 4 is 34.3 Å². The van der Waals surface area contributed by atoms with Gasteiger partial charge in [0.2, 0.25) is 0 Å². The Hall–Kier alpha value is -0.800. The molecule has 2 aromatic rings. The summed E-state index contributed by atoms with van der Waals surface area (Å²) in [6, 6.07) is 2.94. The van der Waals surface area contributed by atoms with Gasteiger partial charge in [-0.3, -0.25) is 0 Å². The van der Waals surface area contributed by atoms with Crippen LogP contribution in [0.2, 0.25) is 10.0 Å². The third-order valence-electron chi connectivity index (χ3n) is 1.39. The van der Waals surface area contributed by atoms with E-state index in [1.165, 1.54) is 12.1 Å². The second-order valence-corrected chi connectivity index (χ2v) is 3.04. The molecule has 12 heavy (non-hydrogen) atoms. The minimum atomic E-state index is -0.908. The second kappa shape index (κ2) is 2.61. The number of oxazole rings is 1. The Morgan fingerprint density at radius 2 is 2.08 bits per heavy atom. The van der Waals surface area contributed by atoms with Gasteiger partial charge in [0.25, 0.3) is 0 Å². The lowest BCUT2D eigenvalue weighted by molar-refractivity contribution is 0.355. The first-order chi connectivity index (χ1) is 5.66. The van der Waals surface area contributed by atoms with Crippen molar-refractivity contribution < 1.29 is 8.81 Å². The molecule has 0 spiro atoms. The molecule has 0 aliphatic heterocycles. The van der Waals surface area contributed by atoms with Crippen LogP contribution < -0.4 is 0 Å². The summed E-state index contributed by atoms with van der Waals surface area (Å²) in [4.78, 5) is 3.43. The Kier molecular flexibility index (Phi) is 1.70. The van der Waals surface area contributed by atoms with Crippen LogP contribution in [-0.4, -0.2) is 4.98 Å². The summed E-state index contributed by atoms with van der Waals surface area (Å²) in [5, 5.41) is 0.675. The molecule has 0 aliphatic carbocycles. The minimum Gasteiger partial charge on any atom is -0.415 e. The number of hydrogen-bond acceptors (Lipinski definition) is 2. The molecular weight excluding hydrogens is 204 g/mol. The molecule has 0 radical (unpaired) electrons. The van der Waals surface area contributed by atoms with Gasteiger partial charge < -0.3 is 4.42 Å². The van der Waals surface area contributed by atoms with Gasteiger partial charge in [-0.1, -0.05) is 23.2 Å². The molecule has 2 rings (SSSR count). The van der Waals surface area contributed by atoms with E-state index in [4.69, 9.17) is 23.2 Å². The first-order valence-electron chi connectivity index (χ1n) is 3.08. The molecule has 1 aromatic carbocycles. The molecular formula is C7H2Cl2FNO. The predicted octanol–water partition coefficient (Wildman–Crippen LogP) is 3.27. The van der Waals surface area contributed by atoms with Crippen LogP contribution in [0.25, 0.3) is 11.1 Å². The first-order valence-corrected chi connectivity index (χ1v) is 3.83. The van der Waals surface area contributed by atoms with Gasteiger partial charge in [0.15, 0.2) is 5.58 Å². The molecule has 5 heteroatoms. The summed E-state index contributed by atoms with van der Waals surface area (Å²) in [7, 11) is 0. The molecule has 0 unspecified atom stereocenters. The van der Waals surface area contributed by atoms with Crippen LogP contribution in [0, 0.1) is 6.14 Å². The van der Waals surface area contributed by atoms with Crippen LogP contribution in [0.4, 0.5) is 4.39 Å². The van der Waals surface area contributed by atoms with Crippen molar-refractivity contribution in [1.29, 1.82) is 0 Å². The average molecular weight is 206 g/mol. The lowest BCUT2D eigenvalue weighted by atomic mass is 10.3. The van der Waals surface area contributed by atoms with Crippen LogP contribution in [0.1, 0.15) is 0 Å². The highest BCUT2D eigenvalue weighted by molar-refractivity contribution is 6.38. The van der Waals surface area contributed by atoms with E-state index >= 15 is 0 Å². The van der Waals surface area contributed by atoms with Crippen molar-refractivity contribution in [3.8, 4) is 0 Å². The monoisotopic (exact) mass is 205 g/mol. The molecule has 0 bridgehead atoms. The highest BCUT2D eigenvalue weighted by Gasteiger charge is 2.09. The minimum absolute atomic E-state index is 0.255. The number of nitrogens with zero attached hydrogens (tertiary/aromatic N) is 1. The number of fused-ring (bicyclic) bond motifs is 1. The van der Waals surface area contributed by atoms with E-state index in [1.54, 1.807) is 0 Å². The highest BCUT2D eigenvalue weighted by atomic mass is 35.5. The van der Waals surface area contributed by atoms with Crippen LogP contribution in [0.5, 0.6) is 0 Å². The summed E-state index contributed by atoms with van der Waals surface area (Å²) >= 11 is 11.3. The van der Waals surface area contributed by atoms with Crippen molar-refractivity contribution in [2.45, 2.75) is 0 Å². The Morgan fingerprint density at radius 3 is 2.83 bits per heavy atom. The molecule has 2 nitrogen and oxygen atoms in total. The third kappa shape index (κ3) is 1.15. The highest BCUT2D eigenvalue weighted by Crippen LogP contribution is 2.27. The van der Waals surface area contributed by atoms with E-state index in [2.05, 4.69) is 9.40 Å². The van der Waals surface area contributed by atoms with E-state index < -0.39 is 6.14 Å². The Morgan fingerprint density at radius 1 is 1.33 bits per heavy atom. The first kappa shape index (κ1) is 7.83. The summed E-state index contributed by atoms with van der Waals surface area (Å²) in [5.41, 5.74) is 0.545. The van der Waals surface area contributed by atoms with Gasteiger partial charge in [0.05, 0.1) is 5.02 Å². The van der Waals surface area contributed by atoms with Crippen LogP contribution in [0.3, 0.4) is 0 Å². The van der Waals surface area contributed by atoms with Gasteiger partial charge in [-0.25, -0.2) is 0 Å². The maximum Gasteiger partial charge on any atom is 0.382 e. The molecule has 1 aromatic heterocycles. The van der Waals surface area contributed by atoms with Gasteiger partial charge >= 0.3 is 6.14 Å². The van der Waals surface area contributed by atoms with Crippen molar-refractivity contribution in [2.24, 2.45) is 0 Å². The van der Waals surface area contributed by atoms with E-state index in [9.17, 15) is 4.39 Å². The molecule has 0 atom stereocenters. The molecule has 0 amide bonds. The van der Waals surface area contributed by atoms with E-state index in [0.717, 1.165) is 0 Å². The van der Waals surface area contributed by atoms with Gasteiger partial charge in [0.1, 0.15) is 5.52 Å². The lowest BCUT2D eigenvalue weighted by Gasteiger charge is -1.90. The smallest absolute Gasteiger partial charge is 0.382 e. The average Bonchev–Trinajstić information content (AvgIpc) is 2.29. The fraction of sp³-hybridized carbons (Fsp3) is 0. The standard InChI is InChI=1S/C7H2Cl2FNO/c8-3-1-4(9)6-5(2-3)12-7(10)11-6/h1-2H. The van der Waals surface area contributed by atoms with Gasteiger partial charge in [-0.2, -0.15) is 4.98 Å². The van der Waals surface area contributed by atoms with Gasteiger partial charge in [-0.05, 0) is 6.07 Å². The normalized spacial score (nSPS) is 10.9. The fourth-order valence-corrected chi connectivity index (χ4v) is 1.45. The fourth-order valence-electron chi connectivity index (χ4n) is 0.930. The molecule has 0 N–H and O–H groups in total. The number of rotatable bonds is 0. The predicted molar refractivity (Wildman–Crippen MR) is 44.0 cm³/mol. The van der Waals surface area contributed by atoms with Crippen molar-refractivity contribution in [3.05, 3.63) is 28.3 Å². The summed E-state index contributed by atoms with van der Waals surface area (Å²) in [6.07, 6.45) is -0.908. The van der Waals surface area contributed by atoms with E-state index in [-0.39, 0.29) is 10.6 Å². The molecule has 0 aliphatic rings.